The lowest BCUT2D eigenvalue weighted by Crippen LogP contribution is -2.26. The molecule has 0 spiro atoms. The summed E-state index contributed by atoms with van der Waals surface area (Å²) in [5, 5.41) is 12.0. The van der Waals surface area contributed by atoms with Gasteiger partial charge in [-0.2, -0.15) is 0 Å². The van der Waals surface area contributed by atoms with Gasteiger partial charge in [-0.05, 0) is 36.8 Å². The molecule has 0 heterocycles. The van der Waals surface area contributed by atoms with Gasteiger partial charge in [-0.1, -0.05) is 29.8 Å². The van der Waals surface area contributed by atoms with E-state index >= 15 is 0 Å². The fourth-order valence-corrected chi connectivity index (χ4v) is 3.41. The average molecular weight is 292 g/mol. The molecule has 3 atom stereocenters. The third-order valence-corrected chi connectivity index (χ3v) is 4.42. The number of amides is 1. The number of allylic oxidation sites excluding steroid dienone is 2. The second kappa shape index (κ2) is 4.94. The van der Waals surface area contributed by atoms with Gasteiger partial charge >= 0.3 is 5.97 Å². The fourth-order valence-electron chi connectivity index (χ4n) is 3.15. The van der Waals surface area contributed by atoms with E-state index in [0.29, 0.717) is 5.92 Å². The van der Waals surface area contributed by atoms with Crippen LogP contribution in [-0.4, -0.2) is 17.0 Å². The van der Waals surface area contributed by atoms with E-state index in [0.717, 1.165) is 12.8 Å². The Morgan fingerprint density at radius 1 is 1.25 bits per heavy atom. The molecule has 1 fully saturated rings. The lowest BCUT2D eigenvalue weighted by molar-refractivity contribution is -0.120. The molecule has 0 aromatic heterocycles. The number of carboxylic acid groups (broad SMARTS) is 1. The molecule has 2 N–H and O–H groups in total. The second-order valence-electron chi connectivity index (χ2n) is 5.34. The predicted molar refractivity (Wildman–Crippen MR) is 75.9 cm³/mol. The number of carboxylic acids is 1. The van der Waals surface area contributed by atoms with E-state index < -0.39 is 5.97 Å². The molecule has 2 bridgehead atoms. The van der Waals surface area contributed by atoms with E-state index in [4.69, 9.17) is 11.6 Å². The van der Waals surface area contributed by atoms with Gasteiger partial charge in [0.25, 0.3) is 0 Å². The molecule has 104 valence electrons. The number of benzene rings is 1. The van der Waals surface area contributed by atoms with E-state index in [2.05, 4.69) is 17.5 Å². The van der Waals surface area contributed by atoms with E-state index in [-0.39, 0.29) is 34.0 Å². The fraction of sp³-hybridized carbons (Fsp3) is 0.333. The number of carbonyl (C=O) groups excluding carboxylic acids is 1. The highest BCUT2D eigenvalue weighted by Gasteiger charge is 2.40. The number of nitrogens with one attached hydrogen (secondary N) is 1. The van der Waals surface area contributed by atoms with E-state index in [9.17, 15) is 14.7 Å². The summed E-state index contributed by atoms with van der Waals surface area (Å²) in [6.07, 6.45) is 6.13. The Bertz CT molecular complexity index is 611. The second-order valence-corrected chi connectivity index (χ2v) is 5.75. The SMILES string of the molecule is O=C(O)c1c(Cl)cccc1NC(=O)C1CC2C=CC1C2. The number of rotatable bonds is 3. The maximum absolute atomic E-state index is 12.3. The first-order valence-corrected chi connectivity index (χ1v) is 6.95. The monoisotopic (exact) mass is 291 g/mol. The van der Waals surface area contributed by atoms with Gasteiger partial charge in [-0.15, -0.1) is 0 Å². The maximum atomic E-state index is 12.3. The Kier molecular flexibility index (Phi) is 3.26. The molecule has 3 unspecified atom stereocenters. The van der Waals surface area contributed by atoms with Crippen LogP contribution >= 0.6 is 11.6 Å². The zero-order valence-corrected chi connectivity index (χ0v) is 11.4. The molecule has 0 radical (unpaired) electrons. The third kappa shape index (κ3) is 2.20. The van der Waals surface area contributed by atoms with Crippen molar-refractivity contribution in [1.82, 2.24) is 0 Å². The highest BCUT2D eigenvalue weighted by molar-refractivity contribution is 6.34. The van der Waals surface area contributed by atoms with Crippen LogP contribution < -0.4 is 5.32 Å². The van der Waals surface area contributed by atoms with Crippen LogP contribution in [-0.2, 0) is 4.79 Å². The molecule has 4 nitrogen and oxygen atoms in total. The van der Waals surface area contributed by atoms with Crippen molar-refractivity contribution in [2.75, 3.05) is 5.32 Å². The van der Waals surface area contributed by atoms with E-state index in [1.165, 1.54) is 6.07 Å². The number of anilines is 1. The molecule has 1 saturated carbocycles. The predicted octanol–water partition coefficient (Wildman–Crippen LogP) is 3.19. The quantitative estimate of drug-likeness (QED) is 0.841. The van der Waals surface area contributed by atoms with Crippen molar-refractivity contribution >= 4 is 29.2 Å². The number of hydrogen-bond acceptors (Lipinski definition) is 2. The van der Waals surface area contributed by atoms with E-state index in [1.807, 2.05) is 0 Å². The third-order valence-electron chi connectivity index (χ3n) is 4.10. The van der Waals surface area contributed by atoms with Crippen LogP contribution in [0.3, 0.4) is 0 Å². The Morgan fingerprint density at radius 2 is 2.05 bits per heavy atom. The minimum atomic E-state index is -1.14. The van der Waals surface area contributed by atoms with Gasteiger partial charge in [0.2, 0.25) is 5.91 Å². The smallest absolute Gasteiger partial charge is 0.339 e. The van der Waals surface area contributed by atoms with Gasteiger partial charge in [0.1, 0.15) is 5.56 Å². The number of halogens is 1. The number of hydrogen-bond donors (Lipinski definition) is 2. The highest BCUT2D eigenvalue weighted by Crippen LogP contribution is 2.44. The Morgan fingerprint density at radius 3 is 2.65 bits per heavy atom. The zero-order chi connectivity index (χ0) is 14.3. The standard InChI is InChI=1S/C15H14ClNO3/c16-11-2-1-3-12(13(11)15(19)20)17-14(18)10-7-8-4-5-9(10)6-8/h1-5,8-10H,6-7H2,(H,17,18)(H,19,20). The summed E-state index contributed by atoms with van der Waals surface area (Å²) in [5.41, 5.74) is 0.211. The van der Waals surface area contributed by atoms with Crippen molar-refractivity contribution in [3.8, 4) is 0 Å². The van der Waals surface area contributed by atoms with Crippen molar-refractivity contribution in [2.24, 2.45) is 17.8 Å². The summed E-state index contributed by atoms with van der Waals surface area (Å²) < 4.78 is 0. The van der Waals surface area contributed by atoms with Crippen molar-refractivity contribution < 1.29 is 14.7 Å². The summed E-state index contributed by atoms with van der Waals surface area (Å²) in [5.74, 6) is -0.544. The average Bonchev–Trinajstić information content (AvgIpc) is 3.00. The van der Waals surface area contributed by atoms with Crippen LogP contribution in [0, 0.1) is 17.8 Å². The van der Waals surface area contributed by atoms with Crippen LogP contribution in [0.2, 0.25) is 5.02 Å². The molecule has 0 aliphatic heterocycles. The maximum Gasteiger partial charge on any atom is 0.339 e. The summed E-state index contributed by atoms with van der Waals surface area (Å²) >= 11 is 5.89. The van der Waals surface area contributed by atoms with Gasteiger partial charge in [-0.25, -0.2) is 4.79 Å². The van der Waals surface area contributed by atoms with Gasteiger partial charge in [-0.3, -0.25) is 4.79 Å². The molecule has 20 heavy (non-hydrogen) atoms. The summed E-state index contributed by atoms with van der Waals surface area (Å²) in [4.78, 5) is 23.5. The molecule has 1 aromatic carbocycles. The summed E-state index contributed by atoms with van der Waals surface area (Å²) in [7, 11) is 0. The minimum absolute atomic E-state index is 0.0544. The van der Waals surface area contributed by atoms with Gasteiger partial charge in [0.15, 0.2) is 0 Å². The molecule has 1 aromatic rings. The van der Waals surface area contributed by atoms with Crippen LogP contribution in [0.15, 0.2) is 30.4 Å². The van der Waals surface area contributed by atoms with Crippen LogP contribution in [0.5, 0.6) is 0 Å². The topological polar surface area (TPSA) is 66.4 Å². The minimum Gasteiger partial charge on any atom is -0.478 e. The first-order valence-electron chi connectivity index (χ1n) is 6.57. The molecular weight excluding hydrogens is 278 g/mol. The Labute approximate surface area is 121 Å². The lowest BCUT2D eigenvalue weighted by Gasteiger charge is -2.18. The van der Waals surface area contributed by atoms with Crippen LogP contribution in [0.4, 0.5) is 5.69 Å². The van der Waals surface area contributed by atoms with E-state index in [1.54, 1.807) is 12.1 Å². The summed E-state index contributed by atoms with van der Waals surface area (Å²) in [6, 6.07) is 4.70. The van der Waals surface area contributed by atoms with Crippen molar-refractivity contribution in [3.63, 3.8) is 0 Å². The molecule has 3 rings (SSSR count). The molecule has 1 amide bonds. The number of aromatic carboxylic acids is 1. The molecule has 2 aliphatic carbocycles. The largest absolute Gasteiger partial charge is 0.478 e. The van der Waals surface area contributed by atoms with Gasteiger partial charge in [0.05, 0.1) is 10.7 Å². The highest BCUT2D eigenvalue weighted by atomic mass is 35.5. The summed E-state index contributed by atoms with van der Waals surface area (Å²) in [6.45, 7) is 0. The van der Waals surface area contributed by atoms with Crippen LogP contribution in [0.25, 0.3) is 0 Å². The van der Waals surface area contributed by atoms with Gasteiger partial charge in [0, 0.05) is 5.92 Å². The Hall–Kier alpha value is -1.81. The zero-order valence-electron chi connectivity index (χ0n) is 10.7. The normalized spacial score (nSPS) is 26.8. The number of carbonyl (C=O) groups is 2. The molecule has 2 aliphatic rings. The molecule has 0 saturated heterocycles. The number of fused-ring (bicyclic) bond motifs is 2. The first kappa shape index (κ1) is 13.2. The molecule has 5 heteroatoms. The lowest BCUT2D eigenvalue weighted by atomic mass is 9.92. The molecular formula is C15H14ClNO3. The van der Waals surface area contributed by atoms with Crippen LogP contribution in [0.1, 0.15) is 23.2 Å². The Balaban J connectivity index is 1.81. The van der Waals surface area contributed by atoms with Crippen molar-refractivity contribution in [1.29, 1.82) is 0 Å². The van der Waals surface area contributed by atoms with Crippen molar-refractivity contribution in [3.05, 3.63) is 40.9 Å². The first-order chi connectivity index (χ1) is 9.56. The van der Waals surface area contributed by atoms with Gasteiger partial charge < -0.3 is 10.4 Å². The van der Waals surface area contributed by atoms with Crippen molar-refractivity contribution in [2.45, 2.75) is 12.8 Å².